The summed E-state index contributed by atoms with van der Waals surface area (Å²) in [4.78, 5) is 26.1. The molecule has 2 aromatic rings. The Morgan fingerprint density at radius 2 is 1.83 bits per heavy atom. The molecule has 0 aromatic heterocycles. The summed E-state index contributed by atoms with van der Waals surface area (Å²) in [6, 6.07) is 17.0. The summed E-state index contributed by atoms with van der Waals surface area (Å²) < 4.78 is 5.34. The van der Waals surface area contributed by atoms with Gasteiger partial charge in [-0.1, -0.05) is 48.0 Å². The van der Waals surface area contributed by atoms with Crippen LogP contribution in [0.1, 0.15) is 17.5 Å². The molecule has 0 spiro atoms. The van der Waals surface area contributed by atoms with E-state index in [2.05, 4.69) is 0 Å². The van der Waals surface area contributed by atoms with Crippen LogP contribution < -0.4 is 4.74 Å². The molecule has 0 bridgehead atoms. The van der Waals surface area contributed by atoms with E-state index in [4.69, 9.17) is 4.74 Å². The minimum absolute atomic E-state index is 0.000543. The van der Waals surface area contributed by atoms with Gasteiger partial charge in [-0.15, -0.1) is 0 Å². The molecule has 118 valence electrons. The maximum Gasteiger partial charge on any atom is 0.316 e. The number of esters is 1. The molecule has 1 fully saturated rings. The van der Waals surface area contributed by atoms with Gasteiger partial charge >= 0.3 is 5.97 Å². The Kier molecular flexibility index (Phi) is 4.42. The molecular formula is C19H19NO3. The second kappa shape index (κ2) is 6.65. The fraction of sp³-hybridized carbons (Fsp3) is 0.263. The number of benzene rings is 2. The van der Waals surface area contributed by atoms with E-state index in [1.165, 1.54) is 5.56 Å². The van der Waals surface area contributed by atoms with Crippen LogP contribution in [0.2, 0.25) is 0 Å². The summed E-state index contributed by atoms with van der Waals surface area (Å²) in [5.41, 5.74) is 2.26. The summed E-state index contributed by atoms with van der Waals surface area (Å²) in [7, 11) is 0. The number of hydrogen-bond donors (Lipinski definition) is 0. The van der Waals surface area contributed by atoms with Crippen LogP contribution in [0, 0.1) is 12.8 Å². The first-order chi connectivity index (χ1) is 11.1. The second-order valence-corrected chi connectivity index (χ2v) is 5.90. The zero-order valence-corrected chi connectivity index (χ0v) is 13.1. The van der Waals surface area contributed by atoms with Crippen LogP contribution in [0.5, 0.6) is 5.75 Å². The maximum atomic E-state index is 12.2. The molecule has 1 atom stereocenters. The Hall–Kier alpha value is -2.62. The SMILES string of the molecule is Cc1ccc(CN2C[C@H](C(=O)Oc3ccccc3)CC2=O)cc1. The first-order valence-electron chi connectivity index (χ1n) is 7.72. The number of rotatable bonds is 4. The Bertz CT molecular complexity index is 694. The predicted octanol–water partition coefficient (Wildman–Crippen LogP) is 2.95. The van der Waals surface area contributed by atoms with E-state index in [1.807, 2.05) is 49.4 Å². The van der Waals surface area contributed by atoms with Crippen LogP contribution in [0.15, 0.2) is 54.6 Å². The van der Waals surface area contributed by atoms with E-state index in [9.17, 15) is 9.59 Å². The Morgan fingerprint density at radius 3 is 2.52 bits per heavy atom. The summed E-state index contributed by atoms with van der Waals surface area (Å²) in [5, 5.41) is 0. The fourth-order valence-electron chi connectivity index (χ4n) is 2.68. The van der Waals surface area contributed by atoms with Crippen LogP contribution in [-0.2, 0) is 16.1 Å². The summed E-state index contributed by atoms with van der Waals surface area (Å²) in [5.74, 6) is -0.216. The lowest BCUT2D eigenvalue weighted by Gasteiger charge is -2.16. The number of nitrogens with zero attached hydrogens (tertiary/aromatic N) is 1. The van der Waals surface area contributed by atoms with Gasteiger partial charge in [-0.25, -0.2) is 0 Å². The number of aryl methyl sites for hydroxylation is 1. The molecule has 4 nitrogen and oxygen atoms in total. The number of amides is 1. The predicted molar refractivity (Wildman–Crippen MR) is 86.8 cm³/mol. The van der Waals surface area contributed by atoms with Gasteiger partial charge in [-0.3, -0.25) is 9.59 Å². The standard InChI is InChI=1S/C19H19NO3/c1-14-7-9-15(10-8-14)12-20-13-16(11-18(20)21)19(22)23-17-5-3-2-4-6-17/h2-10,16H,11-13H2,1H3/t16-/m1/s1. The van der Waals surface area contributed by atoms with Gasteiger partial charge in [-0.05, 0) is 24.6 Å². The number of carbonyl (C=O) groups excluding carboxylic acids is 2. The van der Waals surface area contributed by atoms with Gasteiger partial charge < -0.3 is 9.64 Å². The maximum absolute atomic E-state index is 12.2. The highest BCUT2D eigenvalue weighted by molar-refractivity contribution is 5.87. The van der Waals surface area contributed by atoms with Crippen molar-refractivity contribution in [1.82, 2.24) is 4.90 Å². The largest absolute Gasteiger partial charge is 0.426 e. The van der Waals surface area contributed by atoms with Gasteiger partial charge in [0.1, 0.15) is 5.75 Å². The molecule has 3 rings (SSSR count). The first kappa shape index (κ1) is 15.3. The molecule has 1 aliphatic heterocycles. The Balaban J connectivity index is 1.60. The Labute approximate surface area is 135 Å². The van der Waals surface area contributed by atoms with Crippen molar-refractivity contribution in [2.45, 2.75) is 19.9 Å². The van der Waals surface area contributed by atoms with Gasteiger partial charge in [0, 0.05) is 19.5 Å². The number of para-hydroxylation sites is 1. The van der Waals surface area contributed by atoms with Crippen molar-refractivity contribution in [3.05, 3.63) is 65.7 Å². The van der Waals surface area contributed by atoms with E-state index in [0.29, 0.717) is 18.8 Å². The number of ether oxygens (including phenoxy) is 1. The summed E-state index contributed by atoms with van der Waals surface area (Å²) in [6.45, 7) is 2.98. The van der Waals surface area contributed by atoms with Gasteiger partial charge in [0.2, 0.25) is 5.91 Å². The molecule has 0 N–H and O–H groups in total. The van der Waals surface area contributed by atoms with E-state index < -0.39 is 5.92 Å². The summed E-state index contributed by atoms with van der Waals surface area (Å²) >= 11 is 0. The van der Waals surface area contributed by atoms with Crippen LogP contribution in [-0.4, -0.2) is 23.3 Å². The third kappa shape index (κ3) is 3.77. The highest BCUT2D eigenvalue weighted by Crippen LogP contribution is 2.22. The van der Waals surface area contributed by atoms with Crippen molar-refractivity contribution in [2.24, 2.45) is 5.92 Å². The molecule has 0 aliphatic carbocycles. The molecule has 2 aromatic carbocycles. The molecule has 0 radical (unpaired) electrons. The van der Waals surface area contributed by atoms with Crippen molar-refractivity contribution in [3.63, 3.8) is 0 Å². The van der Waals surface area contributed by atoms with Crippen molar-refractivity contribution in [1.29, 1.82) is 0 Å². The molecule has 23 heavy (non-hydrogen) atoms. The quantitative estimate of drug-likeness (QED) is 0.644. The Morgan fingerprint density at radius 1 is 1.13 bits per heavy atom. The normalized spacial score (nSPS) is 17.3. The fourth-order valence-corrected chi connectivity index (χ4v) is 2.68. The smallest absolute Gasteiger partial charge is 0.316 e. The van der Waals surface area contributed by atoms with E-state index in [0.717, 1.165) is 5.56 Å². The van der Waals surface area contributed by atoms with Crippen LogP contribution >= 0.6 is 0 Å². The molecule has 1 saturated heterocycles. The van der Waals surface area contributed by atoms with Gasteiger partial charge in [-0.2, -0.15) is 0 Å². The molecule has 1 heterocycles. The zero-order chi connectivity index (χ0) is 16.2. The van der Waals surface area contributed by atoms with E-state index in [-0.39, 0.29) is 18.3 Å². The molecule has 1 amide bonds. The van der Waals surface area contributed by atoms with Gasteiger partial charge in [0.05, 0.1) is 5.92 Å². The first-order valence-corrected chi connectivity index (χ1v) is 7.72. The van der Waals surface area contributed by atoms with Crippen LogP contribution in [0.25, 0.3) is 0 Å². The van der Waals surface area contributed by atoms with Crippen molar-refractivity contribution in [2.75, 3.05) is 6.54 Å². The third-order valence-electron chi connectivity index (χ3n) is 4.00. The van der Waals surface area contributed by atoms with Crippen molar-refractivity contribution >= 4 is 11.9 Å². The lowest BCUT2D eigenvalue weighted by atomic mass is 10.1. The van der Waals surface area contributed by atoms with Gasteiger partial charge in [0.15, 0.2) is 0 Å². The monoisotopic (exact) mass is 309 g/mol. The van der Waals surface area contributed by atoms with E-state index >= 15 is 0 Å². The zero-order valence-electron chi connectivity index (χ0n) is 13.1. The summed E-state index contributed by atoms with van der Waals surface area (Å²) in [6.07, 6.45) is 0.220. The van der Waals surface area contributed by atoms with Crippen molar-refractivity contribution < 1.29 is 14.3 Å². The molecule has 1 aliphatic rings. The topological polar surface area (TPSA) is 46.6 Å². The molecule has 0 saturated carbocycles. The van der Waals surface area contributed by atoms with Crippen LogP contribution in [0.4, 0.5) is 0 Å². The number of hydrogen-bond acceptors (Lipinski definition) is 3. The second-order valence-electron chi connectivity index (χ2n) is 5.90. The molecular weight excluding hydrogens is 290 g/mol. The minimum atomic E-state index is -0.395. The van der Waals surface area contributed by atoms with Crippen molar-refractivity contribution in [3.8, 4) is 5.75 Å². The minimum Gasteiger partial charge on any atom is -0.426 e. The lowest BCUT2D eigenvalue weighted by Crippen LogP contribution is -2.27. The molecule has 4 heteroatoms. The molecule has 0 unspecified atom stereocenters. The third-order valence-corrected chi connectivity index (χ3v) is 4.00. The highest BCUT2D eigenvalue weighted by atomic mass is 16.5. The average Bonchev–Trinajstić information content (AvgIpc) is 2.92. The number of likely N-dealkylation sites (tertiary alicyclic amines) is 1. The average molecular weight is 309 g/mol. The lowest BCUT2D eigenvalue weighted by molar-refractivity contribution is -0.139. The van der Waals surface area contributed by atoms with Crippen LogP contribution in [0.3, 0.4) is 0 Å². The highest BCUT2D eigenvalue weighted by Gasteiger charge is 2.35. The number of carbonyl (C=O) groups is 2. The van der Waals surface area contributed by atoms with Gasteiger partial charge in [0.25, 0.3) is 0 Å². The van der Waals surface area contributed by atoms with E-state index in [1.54, 1.807) is 17.0 Å².